The number of amides is 3. The van der Waals surface area contributed by atoms with Crippen molar-refractivity contribution in [2.45, 2.75) is 53.0 Å². The zero-order valence-corrected chi connectivity index (χ0v) is 21.2. The van der Waals surface area contributed by atoms with Crippen molar-refractivity contribution in [1.82, 2.24) is 16.0 Å². The zero-order valence-electron chi connectivity index (χ0n) is 21.2. The average Bonchev–Trinajstić information content (AvgIpc) is 2.87. The second-order valence-electron chi connectivity index (χ2n) is 9.03. The van der Waals surface area contributed by atoms with E-state index in [4.69, 9.17) is 9.47 Å². The molecule has 0 aromatic heterocycles. The first-order valence-electron chi connectivity index (χ1n) is 11.9. The summed E-state index contributed by atoms with van der Waals surface area (Å²) in [5, 5.41) is 7.68. The maximum atomic E-state index is 13.0. The van der Waals surface area contributed by atoms with Crippen molar-refractivity contribution in [2.75, 3.05) is 6.54 Å². The molecule has 0 saturated heterocycles. The SMILES string of the molecule is CC(C)[C@H](NC(=O)CNC(=O)OCc1ccccc1)C(=O)N[C@H](C(=O)OCc1ccccc1)C(C)C. The number of rotatable bonds is 12. The number of nitrogens with one attached hydrogen (secondary N) is 3. The Balaban J connectivity index is 1.86. The minimum absolute atomic E-state index is 0.0717. The highest BCUT2D eigenvalue weighted by atomic mass is 16.5. The molecule has 3 N–H and O–H groups in total. The third-order valence-corrected chi connectivity index (χ3v) is 5.31. The number of hydrogen-bond acceptors (Lipinski definition) is 6. The van der Waals surface area contributed by atoms with Crippen molar-refractivity contribution >= 4 is 23.9 Å². The minimum atomic E-state index is -0.914. The van der Waals surface area contributed by atoms with Gasteiger partial charge in [0.2, 0.25) is 11.8 Å². The van der Waals surface area contributed by atoms with Gasteiger partial charge in [-0.15, -0.1) is 0 Å². The van der Waals surface area contributed by atoms with Crippen LogP contribution in [0, 0.1) is 11.8 Å². The first kappa shape index (κ1) is 28.4. The van der Waals surface area contributed by atoms with E-state index in [-0.39, 0.29) is 31.6 Å². The van der Waals surface area contributed by atoms with Crippen molar-refractivity contribution in [3.05, 3.63) is 71.8 Å². The number of hydrogen-bond donors (Lipinski definition) is 3. The Hall–Kier alpha value is -3.88. The molecule has 0 heterocycles. The Labute approximate surface area is 211 Å². The smallest absolute Gasteiger partial charge is 0.407 e. The van der Waals surface area contributed by atoms with Crippen LogP contribution >= 0.6 is 0 Å². The molecule has 9 heteroatoms. The molecule has 9 nitrogen and oxygen atoms in total. The molecule has 3 amide bonds. The van der Waals surface area contributed by atoms with Gasteiger partial charge in [-0.3, -0.25) is 9.59 Å². The van der Waals surface area contributed by atoms with Gasteiger partial charge in [0.25, 0.3) is 0 Å². The topological polar surface area (TPSA) is 123 Å². The fourth-order valence-corrected chi connectivity index (χ4v) is 3.25. The molecule has 0 aliphatic carbocycles. The van der Waals surface area contributed by atoms with E-state index >= 15 is 0 Å². The zero-order chi connectivity index (χ0) is 26.5. The molecule has 0 aliphatic heterocycles. The molecule has 194 valence electrons. The number of ether oxygens (including phenoxy) is 2. The van der Waals surface area contributed by atoms with Crippen molar-refractivity contribution in [3.63, 3.8) is 0 Å². The molecule has 36 heavy (non-hydrogen) atoms. The Kier molecular flexibility index (Phi) is 11.4. The summed E-state index contributed by atoms with van der Waals surface area (Å²) in [6.45, 7) is 6.92. The lowest BCUT2D eigenvalue weighted by molar-refractivity contribution is -0.150. The van der Waals surface area contributed by atoms with Crippen molar-refractivity contribution in [1.29, 1.82) is 0 Å². The number of carbonyl (C=O) groups is 4. The molecule has 2 aromatic carbocycles. The van der Waals surface area contributed by atoms with Crippen LogP contribution in [0.5, 0.6) is 0 Å². The van der Waals surface area contributed by atoms with Crippen molar-refractivity contribution in [2.24, 2.45) is 11.8 Å². The summed E-state index contributed by atoms with van der Waals surface area (Å²) in [6.07, 6.45) is -0.749. The Morgan fingerprint density at radius 1 is 0.694 bits per heavy atom. The standard InChI is InChI=1S/C27H35N3O6/c1-18(2)23(29-22(31)15-28-27(34)36-17-21-13-9-6-10-14-21)25(32)30-24(19(3)4)26(33)35-16-20-11-7-5-8-12-20/h5-14,18-19,23-24H,15-17H2,1-4H3,(H,28,34)(H,29,31)(H,30,32)/t23-,24-/m0/s1. The van der Waals surface area contributed by atoms with Gasteiger partial charge in [-0.05, 0) is 23.0 Å². The summed E-state index contributed by atoms with van der Waals surface area (Å²) in [7, 11) is 0. The molecule has 0 saturated carbocycles. The van der Waals surface area contributed by atoms with E-state index in [0.29, 0.717) is 0 Å². The molecule has 2 atom stereocenters. The minimum Gasteiger partial charge on any atom is -0.459 e. The van der Waals surface area contributed by atoms with Crippen LogP contribution in [0.15, 0.2) is 60.7 Å². The third kappa shape index (κ3) is 9.77. The van der Waals surface area contributed by atoms with Gasteiger partial charge in [0, 0.05) is 0 Å². The van der Waals surface area contributed by atoms with E-state index in [0.717, 1.165) is 11.1 Å². The fraction of sp³-hybridized carbons (Fsp3) is 0.407. The highest BCUT2D eigenvalue weighted by molar-refractivity contribution is 5.92. The lowest BCUT2D eigenvalue weighted by atomic mass is 10.00. The van der Waals surface area contributed by atoms with E-state index in [1.807, 2.05) is 60.7 Å². The van der Waals surface area contributed by atoms with Crippen LogP contribution < -0.4 is 16.0 Å². The normalized spacial score (nSPS) is 12.4. The Morgan fingerprint density at radius 2 is 1.19 bits per heavy atom. The summed E-state index contributed by atoms with van der Waals surface area (Å²) in [5.74, 6) is -2.14. The number of benzene rings is 2. The van der Waals surface area contributed by atoms with Gasteiger partial charge in [-0.1, -0.05) is 88.4 Å². The number of esters is 1. The van der Waals surface area contributed by atoms with Crippen LogP contribution in [0.1, 0.15) is 38.8 Å². The number of carbonyl (C=O) groups excluding carboxylic acids is 4. The Morgan fingerprint density at radius 3 is 1.69 bits per heavy atom. The highest BCUT2D eigenvalue weighted by Crippen LogP contribution is 2.10. The predicted octanol–water partition coefficient (Wildman–Crippen LogP) is 2.94. The Bertz CT molecular complexity index is 995. The van der Waals surface area contributed by atoms with E-state index in [9.17, 15) is 19.2 Å². The van der Waals surface area contributed by atoms with Gasteiger partial charge in [-0.2, -0.15) is 0 Å². The van der Waals surface area contributed by atoms with Crippen LogP contribution in [0.2, 0.25) is 0 Å². The molecular formula is C27H35N3O6. The average molecular weight is 498 g/mol. The maximum absolute atomic E-state index is 13.0. The van der Waals surface area contributed by atoms with E-state index in [1.165, 1.54) is 0 Å². The molecule has 0 spiro atoms. The van der Waals surface area contributed by atoms with Gasteiger partial charge < -0.3 is 25.4 Å². The second kappa shape index (κ2) is 14.5. The van der Waals surface area contributed by atoms with Crippen molar-refractivity contribution < 1.29 is 28.7 Å². The largest absolute Gasteiger partial charge is 0.459 e. The lowest BCUT2D eigenvalue weighted by Crippen LogP contribution is -2.56. The third-order valence-electron chi connectivity index (χ3n) is 5.31. The summed E-state index contributed by atoms with van der Waals surface area (Å²) in [6, 6.07) is 16.6. The quantitative estimate of drug-likeness (QED) is 0.388. The maximum Gasteiger partial charge on any atom is 0.407 e. The summed E-state index contributed by atoms with van der Waals surface area (Å²) in [5.41, 5.74) is 1.65. The van der Waals surface area contributed by atoms with Crippen LogP contribution in [0.3, 0.4) is 0 Å². The predicted molar refractivity (Wildman–Crippen MR) is 134 cm³/mol. The molecule has 2 rings (SSSR count). The second-order valence-corrected chi connectivity index (χ2v) is 9.03. The van der Waals surface area contributed by atoms with E-state index in [2.05, 4.69) is 16.0 Å². The van der Waals surface area contributed by atoms with Crippen LogP contribution in [-0.2, 0) is 37.1 Å². The van der Waals surface area contributed by atoms with Gasteiger partial charge in [-0.25, -0.2) is 9.59 Å². The van der Waals surface area contributed by atoms with Gasteiger partial charge >= 0.3 is 12.1 Å². The van der Waals surface area contributed by atoms with Crippen LogP contribution in [0.4, 0.5) is 4.79 Å². The van der Waals surface area contributed by atoms with Gasteiger partial charge in [0.15, 0.2) is 0 Å². The van der Waals surface area contributed by atoms with Crippen molar-refractivity contribution in [3.8, 4) is 0 Å². The number of alkyl carbamates (subject to hydrolysis) is 1. The first-order valence-corrected chi connectivity index (χ1v) is 11.9. The lowest BCUT2D eigenvalue weighted by Gasteiger charge is -2.26. The van der Waals surface area contributed by atoms with Gasteiger partial charge in [0.05, 0.1) is 0 Å². The first-order chi connectivity index (χ1) is 17.2. The molecule has 0 fully saturated rings. The van der Waals surface area contributed by atoms with Crippen LogP contribution in [-0.4, -0.2) is 42.5 Å². The monoisotopic (exact) mass is 497 g/mol. The van der Waals surface area contributed by atoms with E-state index < -0.39 is 36.0 Å². The van der Waals surface area contributed by atoms with Gasteiger partial charge in [0.1, 0.15) is 31.8 Å². The summed E-state index contributed by atoms with van der Waals surface area (Å²) < 4.78 is 10.5. The molecule has 0 unspecified atom stereocenters. The molecule has 2 aromatic rings. The summed E-state index contributed by atoms with van der Waals surface area (Å²) >= 11 is 0. The highest BCUT2D eigenvalue weighted by Gasteiger charge is 2.31. The van der Waals surface area contributed by atoms with E-state index in [1.54, 1.807) is 27.7 Å². The molecule has 0 aliphatic rings. The summed E-state index contributed by atoms with van der Waals surface area (Å²) in [4.78, 5) is 49.9. The van der Waals surface area contributed by atoms with Crippen LogP contribution in [0.25, 0.3) is 0 Å². The molecule has 0 radical (unpaired) electrons. The fourth-order valence-electron chi connectivity index (χ4n) is 3.25. The molecule has 0 bridgehead atoms. The molecular weight excluding hydrogens is 462 g/mol.